The van der Waals surface area contributed by atoms with Gasteiger partial charge in [0.15, 0.2) is 0 Å². The summed E-state index contributed by atoms with van der Waals surface area (Å²) in [6.45, 7) is 3.88. The number of carbonyl (C=O) groups is 2. The minimum atomic E-state index is -0.790. The zero-order valence-electron chi connectivity index (χ0n) is 13.1. The molecule has 120 valence electrons. The molecule has 0 aliphatic heterocycles. The van der Waals surface area contributed by atoms with Crippen molar-refractivity contribution in [2.75, 3.05) is 17.7 Å². The van der Waals surface area contributed by atoms with Crippen molar-refractivity contribution in [3.8, 4) is 0 Å². The van der Waals surface area contributed by atoms with Crippen LogP contribution in [-0.4, -0.2) is 19.1 Å². The van der Waals surface area contributed by atoms with Gasteiger partial charge in [-0.25, -0.2) is 9.18 Å². The number of aryl methyl sites for hydroxylation is 2. The van der Waals surface area contributed by atoms with E-state index in [4.69, 9.17) is 0 Å². The molecule has 0 saturated carbocycles. The summed E-state index contributed by atoms with van der Waals surface area (Å²) in [6.07, 6.45) is -0.790. The predicted molar refractivity (Wildman–Crippen MR) is 86.3 cm³/mol. The third-order valence-corrected chi connectivity index (χ3v) is 3.42. The van der Waals surface area contributed by atoms with Gasteiger partial charge in [-0.1, -0.05) is 6.07 Å². The Hall–Kier alpha value is -2.89. The molecule has 0 aliphatic carbocycles. The van der Waals surface area contributed by atoms with Gasteiger partial charge in [-0.3, -0.25) is 10.1 Å². The number of methoxy groups -OCH3 is 1. The molecule has 0 unspecified atom stereocenters. The molecular weight excluding hydrogens is 299 g/mol. The Morgan fingerprint density at radius 1 is 1.00 bits per heavy atom. The third kappa shape index (κ3) is 4.06. The van der Waals surface area contributed by atoms with Crippen molar-refractivity contribution in [2.24, 2.45) is 0 Å². The standard InChI is InChI=1S/C17H17FN2O3/c1-10-4-5-12(8-11(10)2)16(21)19-13-6-7-14(18)15(9-13)20-17(22)23-3/h4-9H,1-3H3,(H,19,21)(H,20,22). The number of amides is 2. The van der Waals surface area contributed by atoms with Gasteiger partial charge in [0.05, 0.1) is 12.8 Å². The molecule has 2 aromatic carbocycles. The first-order valence-corrected chi connectivity index (χ1v) is 6.94. The zero-order valence-corrected chi connectivity index (χ0v) is 13.1. The van der Waals surface area contributed by atoms with Crippen molar-refractivity contribution < 1.29 is 18.7 Å². The average Bonchev–Trinajstić information content (AvgIpc) is 2.53. The molecule has 0 atom stereocenters. The lowest BCUT2D eigenvalue weighted by Gasteiger charge is -2.10. The summed E-state index contributed by atoms with van der Waals surface area (Å²) in [7, 11) is 1.18. The van der Waals surface area contributed by atoms with E-state index in [1.807, 2.05) is 19.9 Å². The highest BCUT2D eigenvalue weighted by atomic mass is 19.1. The Morgan fingerprint density at radius 3 is 2.39 bits per heavy atom. The summed E-state index contributed by atoms with van der Waals surface area (Å²) >= 11 is 0. The molecular formula is C17H17FN2O3. The van der Waals surface area contributed by atoms with Crippen LogP contribution in [0.25, 0.3) is 0 Å². The molecule has 5 nitrogen and oxygen atoms in total. The third-order valence-electron chi connectivity index (χ3n) is 3.42. The summed E-state index contributed by atoms with van der Waals surface area (Å²) in [4.78, 5) is 23.4. The van der Waals surface area contributed by atoms with Crippen molar-refractivity contribution in [1.82, 2.24) is 0 Å². The Labute approximate surface area is 133 Å². The second-order valence-electron chi connectivity index (χ2n) is 5.06. The predicted octanol–water partition coefficient (Wildman–Crippen LogP) is 3.87. The molecule has 0 aromatic heterocycles. The highest BCUT2D eigenvalue weighted by Gasteiger charge is 2.11. The van der Waals surface area contributed by atoms with E-state index in [9.17, 15) is 14.0 Å². The number of halogens is 1. The van der Waals surface area contributed by atoms with Gasteiger partial charge >= 0.3 is 6.09 Å². The molecule has 0 bridgehead atoms. The van der Waals surface area contributed by atoms with Crippen LogP contribution in [0.2, 0.25) is 0 Å². The van der Waals surface area contributed by atoms with Crippen LogP contribution in [0, 0.1) is 19.7 Å². The molecule has 2 amide bonds. The lowest BCUT2D eigenvalue weighted by Crippen LogP contribution is -2.14. The average molecular weight is 316 g/mol. The minimum Gasteiger partial charge on any atom is -0.453 e. The second-order valence-corrected chi connectivity index (χ2v) is 5.06. The molecule has 6 heteroatoms. The number of anilines is 2. The molecule has 0 aliphatic rings. The fourth-order valence-electron chi connectivity index (χ4n) is 1.95. The first-order valence-electron chi connectivity index (χ1n) is 6.94. The maximum Gasteiger partial charge on any atom is 0.411 e. The maximum absolute atomic E-state index is 13.6. The Kier molecular flexibility index (Phi) is 4.95. The number of hydrogen-bond donors (Lipinski definition) is 2. The minimum absolute atomic E-state index is 0.0743. The van der Waals surface area contributed by atoms with Crippen LogP contribution in [0.4, 0.5) is 20.6 Å². The molecule has 23 heavy (non-hydrogen) atoms. The SMILES string of the molecule is COC(=O)Nc1cc(NC(=O)c2ccc(C)c(C)c2)ccc1F. The van der Waals surface area contributed by atoms with Crippen molar-refractivity contribution in [1.29, 1.82) is 0 Å². The van der Waals surface area contributed by atoms with E-state index in [1.165, 1.54) is 19.2 Å². The molecule has 2 aromatic rings. The van der Waals surface area contributed by atoms with Gasteiger partial charge in [0.2, 0.25) is 0 Å². The second kappa shape index (κ2) is 6.91. The number of carbonyl (C=O) groups excluding carboxylic acids is 2. The fourth-order valence-corrected chi connectivity index (χ4v) is 1.95. The van der Waals surface area contributed by atoms with E-state index in [0.29, 0.717) is 11.3 Å². The number of ether oxygens (including phenoxy) is 1. The van der Waals surface area contributed by atoms with Crippen LogP contribution in [0.5, 0.6) is 0 Å². The van der Waals surface area contributed by atoms with E-state index in [0.717, 1.165) is 17.2 Å². The van der Waals surface area contributed by atoms with Crippen molar-refractivity contribution in [3.05, 3.63) is 58.9 Å². The quantitative estimate of drug-likeness (QED) is 0.903. The molecule has 2 N–H and O–H groups in total. The van der Waals surface area contributed by atoms with Crippen LogP contribution < -0.4 is 10.6 Å². The summed E-state index contributed by atoms with van der Waals surface area (Å²) in [5, 5.41) is 4.91. The largest absolute Gasteiger partial charge is 0.453 e. The number of nitrogens with one attached hydrogen (secondary N) is 2. The Bertz CT molecular complexity index is 759. The smallest absolute Gasteiger partial charge is 0.411 e. The van der Waals surface area contributed by atoms with E-state index in [1.54, 1.807) is 12.1 Å². The Morgan fingerprint density at radius 2 is 1.74 bits per heavy atom. The summed E-state index contributed by atoms with van der Waals surface area (Å²) in [5.74, 6) is -0.941. The molecule has 2 rings (SSSR count). The zero-order chi connectivity index (χ0) is 17.0. The van der Waals surface area contributed by atoms with Crippen molar-refractivity contribution >= 4 is 23.4 Å². The first kappa shape index (κ1) is 16.5. The van der Waals surface area contributed by atoms with Gasteiger partial charge in [-0.2, -0.15) is 0 Å². The fraction of sp³-hybridized carbons (Fsp3) is 0.176. The van der Waals surface area contributed by atoms with Gasteiger partial charge in [0, 0.05) is 11.3 Å². The number of hydrogen-bond acceptors (Lipinski definition) is 3. The topological polar surface area (TPSA) is 67.4 Å². The number of rotatable bonds is 3. The highest BCUT2D eigenvalue weighted by Crippen LogP contribution is 2.21. The monoisotopic (exact) mass is 316 g/mol. The highest BCUT2D eigenvalue weighted by molar-refractivity contribution is 6.04. The van der Waals surface area contributed by atoms with E-state index < -0.39 is 11.9 Å². The molecule has 0 spiro atoms. The van der Waals surface area contributed by atoms with Crippen LogP contribution in [0.1, 0.15) is 21.5 Å². The van der Waals surface area contributed by atoms with E-state index >= 15 is 0 Å². The van der Waals surface area contributed by atoms with Gasteiger partial charge in [-0.05, 0) is 55.3 Å². The molecule has 0 saturated heterocycles. The van der Waals surface area contributed by atoms with Crippen LogP contribution in [0.3, 0.4) is 0 Å². The normalized spacial score (nSPS) is 10.1. The Balaban J connectivity index is 2.19. The van der Waals surface area contributed by atoms with Crippen LogP contribution in [-0.2, 0) is 4.74 Å². The summed E-state index contributed by atoms with van der Waals surface area (Å²) in [6, 6.07) is 9.25. The summed E-state index contributed by atoms with van der Waals surface area (Å²) < 4.78 is 18.1. The molecule has 0 fully saturated rings. The summed E-state index contributed by atoms with van der Waals surface area (Å²) in [5.41, 5.74) is 2.88. The van der Waals surface area contributed by atoms with E-state index in [-0.39, 0.29) is 11.6 Å². The maximum atomic E-state index is 13.6. The molecule has 0 radical (unpaired) electrons. The van der Waals surface area contributed by atoms with Crippen molar-refractivity contribution in [2.45, 2.75) is 13.8 Å². The first-order chi connectivity index (χ1) is 10.9. The van der Waals surface area contributed by atoms with Crippen LogP contribution in [0.15, 0.2) is 36.4 Å². The lowest BCUT2D eigenvalue weighted by atomic mass is 10.1. The van der Waals surface area contributed by atoms with Gasteiger partial charge in [-0.15, -0.1) is 0 Å². The van der Waals surface area contributed by atoms with Crippen molar-refractivity contribution in [3.63, 3.8) is 0 Å². The number of benzene rings is 2. The van der Waals surface area contributed by atoms with Gasteiger partial charge in [0.25, 0.3) is 5.91 Å². The van der Waals surface area contributed by atoms with Gasteiger partial charge < -0.3 is 10.1 Å². The van der Waals surface area contributed by atoms with E-state index in [2.05, 4.69) is 15.4 Å². The van der Waals surface area contributed by atoms with Crippen LogP contribution >= 0.6 is 0 Å². The molecule has 0 heterocycles. The van der Waals surface area contributed by atoms with Gasteiger partial charge in [0.1, 0.15) is 5.82 Å². The lowest BCUT2D eigenvalue weighted by molar-refractivity contribution is 0.102.